The Hall–Kier alpha value is -3.08. The summed E-state index contributed by atoms with van der Waals surface area (Å²) in [6, 6.07) is 15.5. The SMILES string of the molecule is CCCOc1cccc(C(=O)N2Cc3cnn(C)c3Cc3ccccc32)c1. The maximum absolute atomic E-state index is 13.4. The van der Waals surface area contributed by atoms with Crippen LogP contribution in [0.15, 0.2) is 54.7 Å². The Kier molecular flexibility index (Phi) is 4.67. The Bertz CT molecular complexity index is 977. The highest BCUT2D eigenvalue weighted by Crippen LogP contribution is 2.31. The summed E-state index contributed by atoms with van der Waals surface area (Å²) in [4.78, 5) is 15.3. The maximum Gasteiger partial charge on any atom is 0.258 e. The van der Waals surface area contributed by atoms with Crippen molar-refractivity contribution in [3.8, 4) is 5.75 Å². The highest BCUT2D eigenvalue weighted by molar-refractivity contribution is 6.06. The average Bonchev–Trinajstić information content (AvgIpc) is 2.95. The number of carbonyl (C=O) groups excluding carboxylic acids is 1. The van der Waals surface area contributed by atoms with Gasteiger partial charge in [-0.25, -0.2) is 0 Å². The van der Waals surface area contributed by atoms with E-state index in [1.807, 2.05) is 65.3 Å². The van der Waals surface area contributed by atoms with E-state index in [0.29, 0.717) is 18.7 Å². The second-order valence-electron chi connectivity index (χ2n) is 6.81. The minimum atomic E-state index is -0.0268. The first-order valence-electron chi connectivity index (χ1n) is 9.29. The molecule has 1 aliphatic heterocycles. The normalized spacial score (nSPS) is 12.9. The summed E-state index contributed by atoms with van der Waals surface area (Å²) >= 11 is 0. The van der Waals surface area contributed by atoms with Gasteiger partial charge in [-0.1, -0.05) is 31.2 Å². The summed E-state index contributed by atoms with van der Waals surface area (Å²) in [6.07, 6.45) is 3.56. The molecule has 5 nitrogen and oxygen atoms in total. The van der Waals surface area contributed by atoms with Gasteiger partial charge in [-0.3, -0.25) is 9.48 Å². The Morgan fingerprint density at radius 1 is 1.15 bits per heavy atom. The molecule has 4 rings (SSSR count). The molecule has 138 valence electrons. The third kappa shape index (κ3) is 3.33. The number of anilines is 1. The van der Waals surface area contributed by atoms with Gasteiger partial charge in [-0.15, -0.1) is 0 Å². The summed E-state index contributed by atoms with van der Waals surface area (Å²) in [6.45, 7) is 3.22. The van der Waals surface area contributed by atoms with Gasteiger partial charge >= 0.3 is 0 Å². The van der Waals surface area contributed by atoms with Crippen molar-refractivity contribution in [2.45, 2.75) is 26.3 Å². The number of nitrogens with zero attached hydrogens (tertiary/aromatic N) is 3. The van der Waals surface area contributed by atoms with Gasteiger partial charge < -0.3 is 9.64 Å². The second kappa shape index (κ2) is 7.27. The number of carbonyl (C=O) groups is 1. The summed E-state index contributed by atoms with van der Waals surface area (Å²) < 4.78 is 7.61. The van der Waals surface area contributed by atoms with Gasteiger partial charge in [0, 0.05) is 36.0 Å². The van der Waals surface area contributed by atoms with Crippen LogP contribution in [0.4, 0.5) is 5.69 Å². The molecule has 0 spiro atoms. The third-order valence-electron chi connectivity index (χ3n) is 4.92. The highest BCUT2D eigenvalue weighted by atomic mass is 16.5. The van der Waals surface area contributed by atoms with E-state index in [2.05, 4.69) is 18.1 Å². The van der Waals surface area contributed by atoms with E-state index >= 15 is 0 Å². The number of ether oxygens (including phenoxy) is 1. The molecule has 0 unspecified atom stereocenters. The van der Waals surface area contributed by atoms with Gasteiger partial charge in [0.05, 0.1) is 19.3 Å². The van der Waals surface area contributed by atoms with Crippen molar-refractivity contribution < 1.29 is 9.53 Å². The number of aryl methyl sites for hydroxylation is 1. The predicted molar refractivity (Wildman–Crippen MR) is 105 cm³/mol. The number of rotatable bonds is 4. The predicted octanol–water partition coefficient (Wildman–Crippen LogP) is 3.96. The number of hydrogen-bond acceptors (Lipinski definition) is 3. The molecule has 0 saturated heterocycles. The van der Waals surface area contributed by atoms with Crippen molar-refractivity contribution >= 4 is 11.6 Å². The smallest absolute Gasteiger partial charge is 0.258 e. The Labute approximate surface area is 159 Å². The number of aromatic nitrogens is 2. The molecule has 0 aliphatic carbocycles. The minimum absolute atomic E-state index is 0.0268. The molecule has 0 fully saturated rings. The zero-order chi connectivity index (χ0) is 18.8. The second-order valence-corrected chi connectivity index (χ2v) is 6.81. The molecular formula is C22H23N3O2. The first kappa shape index (κ1) is 17.3. The van der Waals surface area contributed by atoms with Crippen LogP contribution in [0.25, 0.3) is 0 Å². The lowest BCUT2D eigenvalue weighted by molar-refractivity contribution is 0.0984. The zero-order valence-corrected chi connectivity index (χ0v) is 15.7. The van der Waals surface area contributed by atoms with Crippen LogP contribution in [-0.4, -0.2) is 22.3 Å². The van der Waals surface area contributed by atoms with E-state index in [-0.39, 0.29) is 5.91 Å². The number of benzene rings is 2. The molecule has 2 aromatic carbocycles. The van der Waals surface area contributed by atoms with E-state index < -0.39 is 0 Å². The van der Waals surface area contributed by atoms with Crippen LogP contribution in [0.5, 0.6) is 5.75 Å². The zero-order valence-electron chi connectivity index (χ0n) is 15.7. The minimum Gasteiger partial charge on any atom is -0.494 e. The van der Waals surface area contributed by atoms with E-state index in [9.17, 15) is 4.79 Å². The van der Waals surface area contributed by atoms with Gasteiger partial charge in [0.25, 0.3) is 5.91 Å². The summed E-state index contributed by atoms with van der Waals surface area (Å²) in [7, 11) is 1.95. The quantitative estimate of drug-likeness (QED) is 0.707. The number of para-hydroxylation sites is 1. The van der Waals surface area contributed by atoms with Gasteiger partial charge in [-0.05, 0) is 36.2 Å². The molecule has 3 aromatic rings. The summed E-state index contributed by atoms with van der Waals surface area (Å²) in [5.74, 6) is 0.703. The van der Waals surface area contributed by atoms with E-state index in [4.69, 9.17) is 4.74 Å². The van der Waals surface area contributed by atoms with Crippen molar-refractivity contribution in [1.82, 2.24) is 9.78 Å². The molecule has 1 aliphatic rings. The Morgan fingerprint density at radius 2 is 2.00 bits per heavy atom. The fraction of sp³-hybridized carbons (Fsp3) is 0.273. The molecule has 2 heterocycles. The van der Waals surface area contributed by atoms with Crippen LogP contribution >= 0.6 is 0 Å². The fourth-order valence-corrected chi connectivity index (χ4v) is 3.50. The van der Waals surface area contributed by atoms with Gasteiger partial charge in [0.2, 0.25) is 0 Å². The molecule has 0 N–H and O–H groups in total. The largest absolute Gasteiger partial charge is 0.494 e. The Balaban J connectivity index is 1.73. The summed E-state index contributed by atoms with van der Waals surface area (Å²) in [5, 5.41) is 4.39. The van der Waals surface area contributed by atoms with Gasteiger partial charge in [-0.2, -0.15) is 5.10 Å². The first-order valence-corrected chi connectivity index (χ1v) is 9.29. The first-order chi connectivity index (χ1) is 13.2. The van der Waals surface area contributed by atoms with Crippen LogP contribution < -0.4 is 9.64 Å². The van der Waals surface area contributed by atoms with Gasteiger partial charge in [0.15, 0.2) is 0 Å². The lowest BCUT2D eigenvalue weighted by Crippen LogP contribution is -2.30. The van der Waals surface area contributed by atoms with Crippen molar-refractivity contribution in [2.24, 2.45) is 7.05 Å². The summed E-state index contributed by atoms with van der Waals surface area (Å²) in [5.41, 5.74) is 4.95. The van der Waals surface area contributed by atoms with E-state index in [1.54, 1.807) is 0 Å². The van der Waals surface area contributed by atoms with Crippen LogP contribution in [-0.2, 0) is 20.0 Å². The Morgan fingerprint density at radius 3 is 2.85 bits per heavy atom. The van der Waals surface area contributed by atoms with Crippen LogP contribution in [0.3, 0.4) is 0 Å². The van der Waals surface area contributed by atoms with Gasteiger partial charge in [0.1, 0.15) is 5.75 Å². The third-order valence-corrected chi connectivity index (χ3v) is 4.92. The number of fused-ring (bicyclic) bond motifs is 2. The molecule has 1 amide bonds. The van der Waals surface area contributed by atoms with Crippen LogP contribution in [0.1, 0.15) is 40.5 Å². The average molecular weight is 361 g/mol. The maximum atomic E-state index is 13.4. The standard InChI is InChI=1S/C22H23N3O2/c1-3-11-27-19-9-6-8-17(12-19)22(26)25-15-18-14-23-24(2)21(18)13-16-7-4-5-10-20(16)25/h4-10,12,14H,3,11,13,15H2,1-2H3. The van der Waals surface area contributed by atoms with Crippen molar-refractivity contribution in [2.75, 3.05) is 11.5 Å². The lowest BCUT2D eigenvalue weighted by atomic mass is 10.1. The molecule has 27 heavy (non-hydrogen) atoms. The van der Waals surface area contributed by atoms with E-state index in [0.717, 1.165) is 41.1 Å². The van der Waals surface area contributed by atoms with Crippen LogP contribution in [0.2, 0.25) is 0 Å². The van der Waals surface area contributed by atoms with Crippen molar-refractivity contribution in [1.29, 1.82) is 0 Å². The molecule has 0 saturated carbocycles. The van der Waals surface area contributed by atoms with Crippen molar-refractivity contribution in [3.05, 3.63) is 77.1 Å². The topological polar surface area (TPSA) is 47.4 Å². The highest BCUT2D eigenvalue weighted by Gasteiger charge is 2.26. The van der Waals surface area contributed by atoms with E-state index in [1.165, 1.54) is 0 Å². The molecule has 1 aromatic heterocycles. The monoisotopic (exact) mass is 361 g/mol. The number of hydrogen-bond donors (Lipinski definition) is 0. The molecule has 0 radical (unpaired) electrons. The molecular weight excluding hydrogens is 338 g/mol. The van der Waals surface area contributed by atoms with Crippen molar-refractivity contribution in [3.63, 3.8) is 0 Å². The lowest BCUT2D eigenvalue weighted by Gasteiger charge is -2.23. The van der Waals surface area contributed by atoms with Crippen LogP contribution in [0, 0.1) is 0 Å². The molecule has 5 heteroatoms. The number of amides is 1. The fourth-order valence-electron chi connectivity index (χ4n) is 3.50. The molecule has 0 bridgehead atoms. The molecule has 0 atom stereocenters.